The first-order valence-corrected chi connectivity index (χ1v) is 5.60. The summed E-state index contributed by atoms with van der Waals surface area (Å²) in [5, 5.41) is 11.9. The van der Waals surface area contributed by atoms with E-state index in [0.717, 1.165) is 22.8 Å². The molecule has 18 heavy (non-hydrogen) atoms. The zero-order valence-electron chi connectivity index (χ0n) is 10.4. The molecule has 4 nitrogen and oxygen atoms in total. The smallest absolute Gasteiger partial charge is 0.203 e. The summed E-state index contributed by atoms with van der Waals surface area (Å²) in [4.78, 5) is 0. The van der Waals surface area contributed by atoms with Gasteiger partial charge in [-0.1, -0.05) is 0 Å². The van der Waals surface area contributed by atoms with Crippen LogP contribution in [0.4, 0.5) is 5.69 Å². The van der Waals surface area contributed by atoms with Gasteiger partial charge in [0.1, 0.15) is 17.6 Å². The van der Waals surface area contributed by atoms with Crippen molar-refractivity contribution in [1.82, 2.24) is 0 Å². The van der Waals surface area contributed by atoms with E-state index in [-0.39, 0.29) is 0 Å². The van der Waals surface area contributed by atoms with E-state index in [1.54, 1.807) is 19.2 Å². The van der Waals surface area contributed by atoms with Gasteiger partial charge in [0, 0.05) is 5.69 Å². The summed E-state index contributed by atoms with van der Waals surface area (Å²) in [6.07, 6.45) is 0. The van der Waals surface area contributed by atoms with Gasteiger partial charge >= 0.3 is 0 Å². The van der Waals surface area contributed by atoms with Gasteiger partial charge in [0.25, 0.3) is 0 Å². The number of nitrogens with one attached hydrogen (secondary N) is 1. The quantitative estimate of drug-likeness (QED) is 0.895. The standard InChI is InChI=1S/C14H14N2O2/c1-10-7-11(17-2)5-6-14(10)16-9-13-4-3-12(8-15)18-13/h3-7,16H,9H2,1-2H3. The summed E-state index contributed by atoms with van der Waals surface area (Å²) >= 11 is 0. The molecule has 0 saturated heterocycles. The number of furan rings is 1. The van der Waals surface area contributed by atoms with Crippen LogP contribution >= 0.6 is 0 Å². The Bertz CT molecular complexity index is 582. The van der Waals surface area contributed by atoms with Crippen molar-refractivity contribution >= 4 is 5.69 Å². The van der Waals surface area contributed by atoms with Gasteiger partial charge in [-0.25, -0.2) is 0 Å². The Morgan fingerprint density at radius 3 is 2.78 bits per heavy atom. The van der Waals surface area contributed by atoms with Gasteiger partial charge in [-0.05, 0) is 42.8 Å². The number of ether oxygens (including phenoxy) is 1. The highest BCUT2D eigenvalue weighted by molar-refractivity contribution is 5.53. The lowest BCUT2D eigenvalue weighted by Gasteiger charge is -2.09. The SMILES string of the molecule is COc1ccc(NCc2ccc(C#N)o2)c(C)c1. The van der Waals surface area contributed by atoms with Crippen molar-refractivity contribution in [3.05, 3.63) is 47.4 Å². The maximum Gasteiger partial charge on any atom is 0.203 e. The zero-order chi connectivity index (χ0) is 13.0. The van der Waals surface area contributed by atoms with Gasteiger partial charge < -0.3 is 14.5 Å². The molecule has 0 aliphatic carbocycles. The van der Waals surface area contributed by atoms with Crippen LogP contribution in [-0.2, 0) is 6.54 Å². The summed E-state index contributed by atoms with van der Waals surface area (Å²) in [6, 6.07) is 11.2. The van der Waals surface area contributed by atoms with Crippen LogP contribution in [0.1, 0.15) is 17.1 Å². The molecule has 0 bridgehead atoms. The molecule has 1 aromatic carbocycles. The highest BCUT2D eigenvalue weighted by Crippen LogP contribution is 2.21. The van der Waals surface area contributed by atoms with Gasteiger partial charge in [0.05, 0.1) is 13.7 Å². The van der Waals surface area contributed by atoms with Crippen molar-refractivity contribution in [2.24, 2.45) is 0 Å². The topological polar surface area (TPSA) is 58.2 Å². The lowest BCUT2D eigenvalue weighted by Crippen LogP contribution is -2.00. The first-order valence-electron chi connectivity index (χ1n) is 5.60. The Morgan fingerprint density at radius 2 is 2.17 bits per heavy atom. The number of aryl methyl sites for hydroxylation is 1. The van der Waals surface area contributed by atoms with E-state index in [9.17, 15) is 0 Å². The van der Waals surface area contributed by atoms with Crippen molar-refractivity contribution < 1.29 is 9.15 Å². The van der Waals surface area contributed by atoms with E-state index in [1.165, 1.54) is 0 Å². The van der Waals surface area contributed by atoms with E-state index in [1.807, 2.05) is 31.2 Å². The lowest BCUT2D eigenvalue weighted by molar-refractivity contribution is 0.414. The fraction of sp³-hybridized carbons (Fsp3) is 0.214. The van der Waals surface area contributed by atoms with Crippen molar-refractivity contribution in [3.8, 4) is 11.8 Å². The Kier molecular flexibility index (Phi) is 3.54. The largest absolute Gasteiger partial charge is 0.497 e. The van der Waals surface area contributed by atoms with Gasteiger partial charge in [0.2, 0.25) is 5.76 Å². The zero-order valence-corrected chi connectivity index (χ0v) is 10.4. The average Bonchev–Trinajstić information content (AvgIpc) is 2.85. The van der Waals surface area contributed by atoms with Crippen LogP contribution in [0.15, 0.2) is 34.7 Å². The second-order valence-corrected chi connectivity index (χ2v) is 3.91. The first-order chi connectivity index (χ1) is 8.72. The van der Waals surface area contributed by atoms with E-state index in [2.05, 4.69) is 5.32 Å². The average molecular weight is 242 g/mol. The molecule has 0 spiro atoms. The highest BCUT2D eigenvalue weighted by atomic mass is 16.5. The molecule has 0 fully saturated rings. The van der Waals surface area contributed by atoms with Crippen LogP contribution in [0, 0.1) is 18.3 Å². The molecule has 0 amide bonds. The summed E-state index contributed by atoms with van der Waals surface area (Å²) in [5.74, 6) is 1.91. The van der Waals surface area contributed by atoms with Gasteiger partial charge in [-0.15, -0.1) is 0 Å². The van der Waals surface area contributed by atoms with E-state index >= 15 is 0 Å². The molecule has 1 heterocycles. The molecule has 2 aromatic rings. The Morgan fingerprint density at radius 1 is 1.33 bits per heavy atom. The number of nitriles is 1. The Labute approximate surface area is 106 Å². The summed E-state index contributed by atoms with van der Waals surface area (Å²) in [5.41, 5.74) is 2.12. The van der Waals surface area contributed by atoms with Gasteiger partial charge in [-0.3, -0.25) is 0 Å². The minimum Gasteiger partial charge on any atom is -0.497 e. The molecule has 0 unspecified atom stereocenters. The third-order valence-corrected chi connectivity index (χ3v) is 2.66. The van der Waals surface area contributed by atoms with Crippen LogP contribution < -0.4 is 10.1 Å². The van der Waals surface area contributed by atoms with Crippen LogP contribution in [0.5, 0.6) is 5.75 Å². The minimum atomic E-state index is 0.332. The summed E-state index contributed by atoms with van der Waals surface area (Å²) in [7, 11) is 1.65. The van der Waals surface area contributed by atoms with E-state index < -0.39 is 0 Å². The number of anilines is 1. The molecule has 1 aromatic heterocycles. The monoisotopic (exact) mass is 242 g/mol. The molecule has 0 saturated carbocycles. The van der Waals surface area contributed by atoms with Crippen molar-refractivity contribution in [1.29, 1.82) is 5.26 Å². The van der Waals surface area contributed by atoms with Crippen molar-refractivity contribution in [2.45, 2.75) is 13.5 Å². The third kappa shape index (κ3) is 2.64. The number of benzene rings is 1. The van der Waals surface area contributed by atoms with Crippen LogP contribution in [0.2, 0.25) is 0 Å². The third-order valence-electron chi connectivity index (χ3n) is 2.66. The number of rotatable bonds is 4. The Hall–Kier alpha value is -2.41. The summed E-state index contributed by atoms with van der Waals surface area (Å²) in [6.45, 7) is 2.56. The van der Waals surface area contributed by atoms with Crippen LogP contribution in [0.3, 0.4) is 0 Å². The molecule has 1 N–H and O–H groups in total. The number of hydrogen-bond acceptors (Lipinski definition) is 4. The molecule has 0 aliphatic rings. The lowest BCUT2D eigenvalue weighted by atomic mass is 10.2. The molecule has 0 atom stereocenters. The molecular weight excluding hydrogens is 228 g/mol. The second-order valence-electron chi connectivity index (χ2n) is 3.91. The second kappa shape index (κ2) is 5.28. The van der Waals surface area contributed by atoms with Crippen molar-refractivity contribution in [2.75, 3.05) is 12.4 Å². The fourth-order valence-electron chi connectivity index (χ4n) is 1.68. The van der Waals surface area contributed by atoms with Crippen molar-refractivity contribution in [3.63, 3.8) is 0 Å². The molecule has 0 radical (unpaired) electrons. The van der Waals surface area contributed by atoms with E-state index in [0.29, 0.717) is 12.3 Å². The minimum absolute atomic E-state index is 0.332. The van der Waals surface area contributed by atoms with Crippen LogP contribution in [-0.4, -0.2) is 7.11 Å². The highest BCUT2D eigenvalue weighted by Gasteiger charge is 2.03. The van der Waals surface area contributed by atoms with Gasteiger partial charge in [0.15, 0.2) is 0 Å². The molecule has 92 valence electrons. The predicted octanol–water partition coefficient (Wildman–Crippen LogP) is 3.08. The molecule has 2 rings (SSSR count). The fourth-order valence-corrected chi connectivity index (χ4v) is 1.68. The van der Waals surface area contributed by atoms with Gasteiger partial charge in [-0.2, -0.15) is 5.26 Å². The molecule has 4 heteroatoms. The number of nitrogens with zero attached hydrogens (tertiary/aromatic N) is 1. The molecular formula is C14H14N2O2. The first kappa shape index (κ1) is 12.1. The maximum absolute atomic E-state index is 8.66. The van der Waals surface area contributed by atoms with Crippen LogP contribution in [0.25, 0.3) is 0 Å². The number of hydrogen-bond donors (Lipinski definition) is 1. The van der Waals surface area contributed by atoms with E-state index in [4.69, 9.17) is 14.4 Å². The molecule has 0 aliphatic heterocycles. The predicted molar refractivity (Wildman–Crippen MR) is 68.5 cm³/mol. The summed E-state index contributed by atoms with van der Waals surface area (Å²) < 4.78 is 10.4. The maximum atomic E-state index is 8.66. The normalized spacial score (nSPS) is 9.83. The Balaban J connectivity index is 2.04. The number of methoxy groups -OCH3 is 1.